The van der Waals surface area contributed by atoms with Crippen molar-refractivity contribution in [2.24, 2.45) is 0 Å². The zero-order valence-electron chi connectivity index (χ0n) is 15.3. The molecule has 1 atom stereocenters. The van der Waals surface area contributed by atoms with Gasteiger partial charge in [-0.2, -0.15) is 0 Å². The summed E-state index contributed by atoms with van der Waals surface area (Å²) in [5, 5.41) is 0. The van der Waals surface area contributed by atoms with Gasteiger partial charge in [-0.25, -0.2) is 15.0 Å². The van der Waals surface area contributed by atoms with E-state index >= 15 is 0 Å². The maximum atomic E-state index is 12.7. The first kappa shape index (κ1) is 16.6. The molecule has 1 aliphatic heterocycles. The van der Waals surface area contributed by atoms with E-state index in [1.165, 1.54) is 12.4 Å². The molecule has 0 amide bonds. The standard InChI is InChI=1S/C20H18N6O2/c1-13-5-8-25-19(27)10-16(15-4-7-21-12-23-15)24-20(25)26(13)11-14-9-17-18(28-14)3-2-6-22-17/h2-4,6-7,9-10,12-13H,5,8,11H2,1H3. The minimum Gasteiger partial charge on any atom is -0.457 e. The SMILES string of the molecule is CC1CCn2c(nc(-c3ccncn3)cc2=O)N1Cc1cc2ncccc2o1. The van der Waals surface area contributed by atoms with E-state index in [4.69, 9.17) is 9.40 Å². The van der Waals surface area contributed by atoms with Gasteiger partial charge >= 0.3 is 0 Å². The first-order valence-electron chi connectivity index (χ1n) is 9.17. The quantitative estimate of drug-likeness (QED) is 0.544. The summed E-state index contributed by atoms with van der Waals surface area (Å²) in [6.07, 6.45) is 5.70. The molecule has 4 aromatic rings. The summed E-state index contributed by atoms with van der Waals surface area (Å²) in [7, 11) is 0. The number of anilines is 1. The van der Waals surface area contributed by atoms with Gasteiger partial charge in [-0.05, 0) is 31.5 Å². The predicted octanol–water partition coefficient (Wildman–Crippen LogP) is 2.64. The third-order valence-corrected chi connectivity index (χ3v) is 5.06. The largest absolute Gasteiger partial charge is 0.457 e. The van der Waals surface area contributed by atoms with Gasteiger partial charge in [0.25, 0.3) is 5.56 Å². The van der Waals surface area contributed by atoms with E-state index in [2.05, 4.69) is 26.8 Å². The molecule has 1 unspecified atom stereocenters. The van der Waals surface area contributed by atoms with Crippen molar-refractivity contribution < 1.29 is 4.42 Å². The van der Waals surface area contributed by atoms with E-state index in [1.807, 2.05) is 18.2 Å². The molecular weight excluding hydrogens is 356 g/mol. The fourth-order valence-corrected chi connectivity index (χ4v) is 3.56. The fraction of sp³-hybridized carbons (Fsp3) is 0.250. The Morgan fingerprint density at radius 3 is 2.93 bits per heavy atom. The van der Waals surface area contributed by atoms with Crippen LogP contribution in [0.1, 0.15) is 19.1 Å². The molecule has 28 heavy (non-hydrogen) atoms. The smallest absolute Gasteiger partial charge is 0.255 e. The number of rotatable bonds is 3. The Morgan fingerprint density at radius 2 is 2.11 bits per heavy atom. The van der Waals surface area contributed by atoms with E-state index in [0.29, 0.717) is 30.4 Å². The molecule has 0 fully saturated rings. The zero-order valence-corrected chi connectivity index (χ0v) is 15.3. The van der Waals surface area contributed by atoms with Gasteiger partial charge in [-0.1, -0.05) is 0 Å². The van der Waals surface area contributed by atoms with Crippen LogP contribution in [0.5, 0.6) is 0 Å². The molecule has 0 saturated heterocycles. The number of hydrogen-bond acceptors (Lipinski definition) is 7. The molecule has 0 spiro atoms. The molecule has 0 bridgehead atoms. The van der Waals surface area contributed by atoms with Crippen molar-refractivity contribution in [1.82, 2.24) is 24.5 Å². The van der Waals surface area contributed by atoms with Crippen LogP contribution in [0.2, 0.25) is 0 Å². The Morgan fingerprint density at radius 1 is 1.18 bits per heavy atom. The molecule has 140 valence electrons. The van der Waals surface area contributed by atoms with E-state index < -0.39 is 0 Å². The third-order valence-electron chi connectivity index (χ3n) is 5.06. The topological polar surface area (TPSA) is 89.9 Å². The molecule has 4 aromatic heterocycles. The predicted molar refractivity (Wildman–Crippen MR) is 104 cm³/mol. The number of nitrogens with zero attached hydrogens (tertiary/aromatic N) is 6. The van der Waals surface area contributed by atoms with Gasteiger partial charge in [-0.3, -0.25) is 14.3 Å². The second-order valence-electron chi connectivity index (χ2n) is 6.89. The van der Waals surface area contributed by atoms with E-state index in [0.717, 1.165) is 23.3 Å². The molecule has 0 saturated carbocycles. The van der Waals surface area contributed by atoms with Gasteiger partial charge in [0.1, 0.15) is 17.6 Å². The second kappa shape index (κ2) is 6.56. The minimum atomic E-state index is -0.0817. The molecule has 0 aliphatic carbocycles. The summed E-state index contributed by atoms with van der Waals surface area (Å²) in [5.41, 5.74) is 2.66. The Kier molecular flexibility index (Phi) is 3.89. The second-order valence-corrected chi connectivity index (χ2v) is 6.89. The lowest BCUT2D eigenvalue weighted by Crippen LogP contribution is -2.43. The number of hydrogen-bond donors (Lipinski definition) is 0. The van der Waals surface area contributed by atoms with Crippen molar-refractivity contribution in [3.8, 4) is 11.4 Å². The Labute approximate surface area is 160 Å². The maximum Gasteiger partial charge on any atom is 0.255 e. The summed E-state index contributed by atoms with van der Waals surface area (Å²) in [6.45, 7) is 3.29. The van der Waals surface area contributed by atoms with Gasteiger partial charge in [0.15, 0.2) is 5.58 Å². The van der Waals surface area contributed by atoms with Crippen molar-refractivity contribution in [3.63, 3.8) is 0 Å². The highest BCUT2D eigenvalue weighted by molar-refractivity contribution is 5.72. The molecule has 8 nitrogen and oxygen atoms in total. The van der Waals surface area contributed by atoms with Crippen LogP contribution in [0.15, 0.2) is 58.3 Å². The van der Waals surface area contributed by atoms with Crippen molar-refractivity contribution >= 4 is 17.0 Å². The van der Waals surface area contributed by atoms with Crippen LogP contribution in [0.25, 0.3) is 22.5 Å². The summed E-state index contributed by atoms with van der Waals surface area (Å²) in [6, 6.07) is 9.19. The van der Waals surface area contributed by atoms with Crippen LogP contribution in [-0.2, 0) is 13.1 Å². The fourth-order valence-electron chi connectivity index (χ4n) is 3.56. The van der Waals surface area contributed by atoms with Crippen molar-refractivity contribution in [1.29, 1.82) is 0 Å². The average Bonchev–Trinajstić information content (AvgIpc) is 3.13. The molecular formula is C20H18N6O2. The third kappa shape index (κ3) is 2.83. The lowest BCUT2D eigenvalue weighted by atomic mass is 10.1. The maximum absolute atomic E-state index is 12.7. The zero-order chi connectivity index (χ0) is 19.1. The minimum absolute atomic E-state index is 0.0817. The van der Waals surface area contributed by atoms with Gasteiger partial charge in [-0.15, -0.1) is 0 Å². The van der Waals surface area contributed by atoms with Crippen molar-refractivity contribution in [2.45, 2.75) is 32.5 Å². The lowest BCUT2D eigenvalue weighted by molar-refractivity contribution is 0.433. The molecule has 1 aliphatic rings. The van der Waals surface area contributed by atoms with Crippen LogP contribution >= 0.6 is 0 Å². The van der Waals surface area contributed by atoms with Crippen LogP contribution in [-0.4, -0.2) is 30.5 Å². The first-order valence-corrected chi connectivity index (χ1v) is 9.17. The van der Waals surface area contributed by atoms with Gasteiger partial charge in [0.05, 0.1) is 17.9 Å². The Bertz CT molecular complexity index is 1170. The molecule has 5 heterocycles. The molecule has 8 heteroatoms. The molecule has 0 radical (unpaired) electrons. The van der Waals surface area contributed by atoms with E-state index in [9.17, 15) is 4.79 Å². The summed E-state index contributed by atoms with van der Waals surface area (Å²) < 4.78 is 7.65. The monoisotopic (exact) mass is 374 g/mol. The van der Waals surface area contributed by atoms with Crippen LogP contribution in [0.4, 0.5) is 5.95 Å². The molecule has 0 N–H and O–H groups in total. The highest BCUT2D eigenvalue weighted by Gasteiger charge is 2.27. The highest BCUT2D eigenvalue weighted by atomic mass is 16.3. The van der Waals surface area contributed by atoms with Crippen molar-refractivity contribution in [2.75, 3.05) is 4.90 Å². The van der Waals surface area contributed by atoms with Crippen LogP contribution in [0.3, 0.4) is 0 Å². The summed E-state index contributed by atoms with van der Waals surface area (Å²) >= 11 is 0. The normalized spacial score (nSPS) is 16.3. The number of fused-ring (bicyclic) bond motifs is 2. The van der Waals surface area contributed by atoms with Gasteiger partial charge < -0.3 is 9.32 Å². The van der Waals surface area contributed by atoms with Gasteiger partial charge in [0.2, 0.25) is 5.95 Å². The van der Waals surface area contributed by atoms with E-state index in [-0.39, 0.29) is 11.6 Å². The molecule has 0 aromatic carbocycles. The van der Waals surface area contributed by atoms with Crippen LogP contribution in [0, 0.1) is 0 Å². The highest BCUT2D eigenvalue weighted by Crippen LogP contribution is 2.27. The lowest BCUT2D eigenvalue weighted by Gasteiger charge is -2.35. The number of aromatic nitrogens is 5. The molecule has 5 rings (SSSR count). The van der Waals surface area contributed by atoms with Crippen LogP contribution < -0.4 is 10.5 Å². The first-order chi connectivity index (χ1) is 13.7. The Balaban J connectivity index is 1.58. The van der Waals surface area contributed by atoms with Gasteiger partial charge in [0, 0.05) is 37.1 Å². The average molecular weight is 374 g/mol. The Hall–Kier alpha value is -3.55. The number of furan rings is 1. The summed E-state index contributed by atoms with van der Waals surface area (Å²) in [4.78, 5) is 32.1. The van der Waals surface area contributed by atoms with Crippen molar-refractivity contribution in [3.05, 3.63) is 65.2 Å². The summed E-state index contributed by atoms with van der Waals surface area (Å²) in [5.74, 6) is 1.42. The van der Waals surface area contributed by atoms with E-state index in [1.54, 1.807) is 23.0 Å². The number of pyridine rings is 1.